The van der Waals surface area contributed by atoms with Crippen molar-refractivity contribution in [1.82, 2.24) is 4.90 Å². The molecule has 1 unspecified atom stereocenters. The van der Waals surface area contributed by atoms with Gasteiger partial charge in [-0.15, -0.1) is 0 Å². The molecular formula is C18H23NO2S. The van der Waals surface area contributed by atoms with Gasteiger partial charge in [0.05, 0.1) is 4.90 Å². The molecular weight excluding hydrogens is 294 g/mol. The molecule has 118 valence electrons. The van der Waals surface area contributed by atoms with Crippen molar-refractivity contribution in [2.24, 2.45) is 0 Å². The van der Waals surface area contributed by atoms with Gasteiger partial charge in [0.15, 0.2) is 11.1 Å². The summed E-state index contributed by atoms with van der Waals surface area (Å²) < 4.78 is 18.5. The first-order valence-electron chi connectivity index (χ1n) is 7.36. The average Bonchev–Trinajstić information content (AvgIpc) is 2.53. The van der Waals surface area contributed by atoms with Crippen molar-refractivity contribution in [3.8, 4) is 0 Å². The fourth-order valence-corrected chi connectivity index (χ4v) is 3.06. The van der Waals surface area contributed by atoms with Gasteiger partial charge in [0.1, 0.15) is 6.10 Å². The van der Waals surface area contributed by atoms with Gasteiger partial charge in [-0.25, -0.2) is 4.21 Å². The molecule has 0 saturated heterocycles. The second-order valence-electron chi connectivity index (χ2n) is 5.68. The Morgan fingerprint density at radius 3 is 2.14 bits per heavy atom. The number of likely N-dealkylation sites (N-methyl/N-ethyl adjacent to an activating group) is 1. The van der Waals surface area contributed by atoms with Crippen LogP contribution in [0.15, 0.2) is 59.5 Å². The number of benzene rings is 2. The minimum atomic E-state index is -1.49. The summed E-state index contributed by atoms with van der Waals surface area (Å²) in [6, 6.07) is 17.7. The summed E-state index contributed by atoms with van der Waals surface area (Å²) in [5.41, 5.74) is 2.17. The van der Waals surface area contributed by atoms with Gasteiger partial charge >= 0.3 is 0 Å². The van der Waals surface area contributed by atoms with Gasteiger partial charge in [-0.1, -0.05) is 48.0 Å². The van der Waals surface area contributed by atoms with E-state index in [1.54, 1.807) is 0 Å². The molecule has 0 amide bonds. The molecule has 22 heavy (non-hydrogen) atoms. The Kier molecular flexibility index (Phi) is 5.89. The van der Waals surface area contributed by atoms with Crippen LogP contribution in [-0.2, 0) is 15.3 Å². The van der Waals surface area contributed by atoms with E-state index in [1.807, 2.05) is 75.6 Å². The van der Waals surface area contributed by atoms with Crippen LogP contribution in [0.4, 0.5) is 0 Å². The number of nitrogens with zero attached hydrogens (tertiary/aromatic N) is 1. The maximum atomic E-state index is 12.5. The van der Waals surface area contributed by atoms with Gasteiger partial charge in [0.2, 0.25) is 0 Å². The zero-order valence-electron chi connectivity index (χ0n) is 13.5. The van der Waals surface area contributed by atoms with Crippen LogP contribution in [-0.4, -0.2) is 29.2 Å². The van der Waals surface area contributed by atoms with Crippen molar-refractivity contribution in [3.05, 3.63) is 65.7 Å². The van der Waals surface area contributed by atoms with Crippen LogP contribution in [0, 0.1) is 6.92 Å². The van der Waals surface area contributed by atoms with Gasteiger partial charge in [0.25, 0.3) is 0 Å². The minimum absolute atomic E-state index is 0.108. The van der Waals surface area contributed by atoms with Crippen LogP contribution < -0.4 is 0 Å². The molecule has 0 aliphatic carbocycles. The van der Waals surface area contributed by atoms with Crippen molar-refractivity contribution in [2.45, 2.75) is 30.9 Å². The normalized spacial score (nSPS) is 15.5. The molecule has 2 rings (SSSR count). The largest absolute Gasteiger partial charge is 0.304 e. The van der Waals surface area contributed by atoms with Gasteiger partial charge < -0.3 is 4.90 Å². The first-order chi connectivity index (χ1) is 10.5. The van der Waals surface area contributed by atoms with Crippen LogP contribution in [0.25, 0.3) is 0 Å². The monoisotopic (exact) mass is 317 g/mol. The second kappa shape index (κ2) is 7.68. The molecule has 0 aromatic heterocycles. The fraction of sp³-hybridized carbons (Fsp3) is 0.333. The van der Waals surface area contributed by atoms with Crippen molar-refractivity contribution in [2.75, 3.05) is 14.1 Å². The van der Waals surface area contributed by atoms with Crippen molar-refractivity contribution in [3.63, 3.8) is 0 Å². The lowest BCUT2D eigenvalue weighted by Crippen LogP contribution is -2.33. The third kappa shape index (κ3) is 4.26. The molecule has 0 heterocycles. The Balaban J connectivity index is 2.23. The average molecular weight is 317 g/mol. The third-order valence-corrected chi connectivity index (χ3v) is 4.82. The number of rotatable bonds is 6. The molecule has 4 heteroatoms. The third-order valence-electron chi connectivity index (χ3n) is 3.79. The van der Waals surface area contributed by atoms with E-state index in [1.165, 1.54) is 0 Å². The van der Waals surface area contributed by atoms with Gasteiger partial charge in [0, 0.05) is 6.04 Å². The Morgan fingerprint density at radius 1 is 1.00 bits per heavy atom. The topological polar surface area (TPSA) is 29.5 Å². The lowest BCUT2D eigenvalue weighted by molar-refractivity contribution is 0.121. The van der Waals surface area contributed by atoms with E-state index in [2.05, 4.69) is 11.8 Å². The number of hydrogen-bond donors (Lipinski definition) is 0. The van der Waals surface area contributed by atoms with E-state index in [9.17, 15) is 4.21 Å². The van der Waals surface area contributed by atoms with Crippen LogP contribution in [0.5, 0.6) is 0 Å². The Morgan fingerprint density at radius 2 is 1.59 bits per heavy atom. The summed E-state index contributed by atoms with van der Waals surface area (Å²) in [6.45, 7) is 4.08. The van der Waals surface area contributed by atoms with E-state index in [0.29, 0.717) is 4.90 Å². The summed E-state index contributed by atoms with van der Waals surface area (Å²) in [6.07, 6.45) is -0.252. The lowest BCUT2D eigenvalue weighted by Gasteiger charge is -2.28. The number of aryl methyl sites for hydroxylation is 1. The van der Waals surface area contributed by atoms with Crippen LogP contribution in [0.1, 0.15) is 24.2 Å². The highest BCUT2D eigenvalue weighted by atomic mass is 32.2. The summed E-state index contributed by atoms with van der Waals surface area (Å²) in [5.74, 6) is 0. The highest BCUT2D eigenvalue weighted by Crippen LogP contribution is 2.26. The Hall–Kier alpha value is -1.49. The zero-order valence-corrected chi connectivity index (χ0v) is 14.3. The van der Waals surface area contributed by atoms with E-state index in [-0.39, 0.29) is 12.1 Å². The van der Waals surface area contributed by atoms with Crippen LogP contribution >= 0.6 is 0 Å². The van der Waals surface area contributed by atoms with E-state index in [4.69, 9.17) is 4.18 Å². The molecule has 2 aromatic rings. The van der Waals surface area contributed by atoms with E-state index < -0.39 is 11.1 Å². The van der Waals surface area contributed by atoms with Crippen molar-refractivity contribution in [1.29, 1.82) is 0 Å². The van der Waals surface area contributed by atoms with Crippen molar-refractivity contribution < 1.29 is 8.39 Å². The predicted molar refractivity (Wildman–Crippen MR) is 91.0 cm³/mol. The maximum Gasteiger partial charge on any atom is 0.189 e. The maximum absolute atomic E-state index is 12.5. The molecule has 0 aliphatic heterocycles. The van der Waals surface area contributed by atoms with Crippen molar-refractivity contribution >= 4 is 11.1 Å². The molecule has 0 radical (unpaired) electrons. The second-order valence-corrected chi connectivity index (χ2v) is 6.81. The molecule has 0 N–H and O–H groups in total. The molecule has 0 fully saturated rings. The van der Waals surface area contributed by atoms with E-state index in [0.717, 1.165) is 11.1 Å². The highest BCUT2D eigenvalue weighted by molar-refractivity contribution is 7.80. The molecule has 0 aliphatic rings. The predicted octanol–water partition coefficient (Wildman–Crippen LogP) is 3.73. The quantitative estimate of drug-likeness (QED) is 0.813. The van der Waals surface area contributed by atoms with Crippen LogP contribution in [0.2, 0.25) is 0 Å². The highest BCUT2D eigenvalue weighted by Gasteiger charge is 2.25. The molecule has 0 saturated carbocycles. The summed E-state index contributed by atoms with van der Waals surface area (Å²) >= 11 is -1.49. The Bertz CT molecular complexity index is 611. The van der Waals surface area contributed by atoms with Gasteiger partial charge in [-0.2, -0.15) is 0 Å². The standard InChI is InChI=1S/C18H23NO2S/c1-14-10-12-17(13-11-14)22(20)21-18(15(2)19(3)4)16-8-6-5-7-9-16/h5-13,15,18H,1-4H3/t15-,18-,22?/m0/s1. The summed E-state index contributed by atoms with van der Waals surface area (Å²) in [4.78, 5) is 2.77. The lowest BCUT2D eigenvalue weighted by atomic mass is 10.0. The minimum Gasteiger partial charge on any atom is -0.304 e. The molecule has 3 nitrogen and oxygen atoms in total. The van der Waals surface area contributed by atoms with Gasteiger partial charge in [-0.3, -0.25) is 4.18 Å². The SMILES string of the molecule is Cc1ccc(S(=O)O[C@H](c2ccccc2)[C@H](C)N(C)C)cc1. The molecule has 0 bridgehead atoms. The molecule has 0 spiro atoms. The van der Waals surface area contributed by atoms with E-state index >= 15 is 0 Å². The smallest absolute Gasteiger partial charge is 0.189 e. The summed E-state index contributed by atoms with van der Waals surface area (Å²) in [5, 5.41) is 0. The van der Waals surface area contributed by atoms with Gasteiger partial charge in [-0.05, 0) is 45.6 Å². The Labute approximate surface area is 135 Å². The molecule has 2 aromatic carbocycles. The summed E-state index contributed by atoms with van der Waals surface area (Å²) in [7, 11) is 4.00. The zero-order chi connectivity index (χ0) is 16.1. The number of hydrogen-bond acceptors (Lipinski definition) is 3. The first-order valence-corrected chi connectivity index (χ1v) is 8.43. The fourth-order valence-electron chi connectivity index (χ4n) is 2.13. The van der Waals surface area contributed by atoms with Crippen LogP contribution in [0.3, 0.4) is 0 Å². The molecule has 3 atom stereocenters. The first kappa shape index (κ1) is 16.9.